The lowest BCUT2D eigenvalue weighted by Gasteiger charge is -2.10. The third kappa shape index (κ3) is 5.20. The van der Waals surface area contributed by atoms with E-state index in [0.29, 0.717) is 11.3 Å². The first-order valence-corrected chi connectivity index (χ1v) is 9.86. The molecule has 0 atom stereocenters. The second-order valence-corrected chi connectivity index (χ2v) is 6.97. The molecule has 6 heteroatoms. The number of hydrogen-bond acceptors (Lipinski definition) is 3. The van der Waals surface area contributed by atoms with Crippen molar-refractivity contribution >= 4 is 35.0 Å². The van der Waals surface area contributed by atoms with Gasteiger partial charge >= 0.3 is 0 Å². The Kier molecular flexibility index (Phi) is 6.45. The van der Waals surface area contributed by atoms with Crippen LogP contribution in [-0.4, -0.2) is 18.1 Å². The molecular weight excluding hydrogens is 375 g/mol. The summed E-state index contributed by atoms with van der Waals surface area (Å²) in [5, 5.41) is 5.28. The van der Waals surface area contributed by atoms with Crippen LogP contribution in [0.4, 0.5) is 15.8 Å². The van der Waals surface area contributed by atoms with Gasteiger partial charge in [-0.2, -0.15) is 0 Å². The lowest BCUT2D eigenvalue weighted by atomic mass is 10.1. The van der Waals surface area contributed by atoms with Crippen molar-refractivity contribution in [3.63, 3.8) is 0 Å². The molecule has 3 rings (SSSR count). The number of hydrogen-bond donors (Lipinski definition) is 2. The maximum absolute atomic E-state index is 14.1. The molecule has 3 aromatic rings. The number of nitrogens with one attached hydrogen (secondary N) is 2. The number of anilines is 2. The van der Waals surface area contributed by atoms with Crippen molar-refractivity contribution in [2.75, 3.05) is 16.9 Å². The van der Waals surface area contributed by atoms with Crippen molar-refractivity contribution in [1.29, 1.82) is 0 Å². The average molecular weight is 394 g/mol. The molecule has 0 aliphatic carbocycles. The summed E-state index contributed by atoms with van der Waals surface area (Å²) in [5.41, 5.74) is 1.75. The van der Waals surface area contributed by atoms with Gasteiger partial charge in [0.25, 0.3) is 5.91 Å². The van der Waals surface area contributed by atoms with E-state index in [9.17, 15) is 14.0 Å². The minimum absolute atomic E-state index is 0.0245. The quantitative estimate of drug-likeness (QED) is 0.580. The molecule has 28 heavy (non-hydrogen) atoms. The van der Waals surface area contributed by atoms with Crippen LogP contribution in [0, 0.1) is 5.82 Å². The normalized spacial score (nSPS) is 10.4. The van der Waals surface area contributed by atoms with E-state index in [0.717, 1.165) is 10.5 Å². The molecular formula is C22H19FN2O2S. The van der Waals surface area contributed by atoms with Crippen LogP contribution in [0.25, 0.3) is 0 Å². The Morgan fingerprint density at radius 3 is 2.32 bits per heavy atom. The van der Waals surface area contributed by atoms with E-state index in [1.165, 1.54) is 18.2 Å². The third-order valence-corrected chi connectivity index (χ3v) is 4.80. The van der Waals surface area contributed by atoms with E-state index in [-0.39, 0.29) is 23.9 Å². The van der Waals surface area contributed by atoms with Crippen molar-refractivity contribution in [1.82, 2.24) is 0 Å². The van der Waals surface area contributed by atoms with Gasteiger partial charge in [0, 0.05) is 16.1 Å². The SMILES string of the molecule is CSc1ccc(C(=O)Nc2ccc(F)c(NC(=O)Cc3ccccc3)c2)cc1. The molecule has 0 saturated heterocycles. The molecule has 2 N–H and O–H groups in total. The van der Waals surface area contributed by atoms with Crippen LogP contribution >= 0.6 is 11.8 Å². The minimum atomic E-state index is -0.566. The maximum atomic E-state index is 14.1. The molecule has 0 fully saturated rings. The Labute approximate surface area is 167 Å². The second kappa shape index (κ2) is 9.19. The molecule has 0 saturated carbocycles. The minimum Gasteiger partial charge on any atom is -0.323 e. The highest BCUT2D eigenvalue weighted by Crippen LogP contribution is 2.21. The lowest BCUT2D eigenvalue weighted by molar-refractivity contribution is -0.115. The van der Waals surface area contributed by atoms with Gasteiger partial charge in [0.15, 0.2) is 0 Å². The van der Waals surface area contributed by atoms with Crippen LogP contribution in [-0.2, 0) is 11.2 Å². The first-order valence-electron chi connectivity index (χ1n) is 8.64. The standard InChI is InChI=1S/C22H19FN2O2S/c1-28-18-10-7-16(8-11-18)22(27)24-17-9-12-19(23)20(14-17)25-21(26)13-15-5-3-2-4-6-15/h2-12,14H,13H2,1H3,(H,24,27)(H,25,26). The number of carbonyl (C=O) groups is 2. The number of amides is 2. The lowest BCUT2D eigenvalue weighted by Crippen LogP contribution is -2.16. The topological polar surface area (TPSA) is 58.2 Å². The first kappa shape index (κ1) is 19.6. The summed E-state index contributed by atoms with van der Waals surface area (Å²) in [6.07, 6.45) is 2.10. The smallest absolute Gasteiger partial charge is 0.255 e. The predicted molar refractivity (Wildman–Crippen MR) is 111 cm³/mol. The Morgan fingerprint density at radius 2 is 1.64 bits per heavy atom. The van der Waals surface area contributed by atoms with Crippen LogP contribution in [0.5, 0.6) is 0 Å². The Hall–Kier alpha value is -3.12. The summed E-state index contributed by atoms with van der Waals surface area (Å²) in [6, 6.07) is 20.5. The number of thioether (sulfide) groups is 1. The van der Waals surface area contributed by atoms with Crippen LogP contribution in [0.2, 0.25) is 0 Å². The Morgan fingerprint density at radius 1 is 0.929 bits per heavy atom. The van der Waals surface area contributed by atoms with Crippen LogP contribution < -0.4 is 10.6 Å². The highest BCUT2D eigenvalue weighted by atomic mass is 32.2. The average Bonchev–Trinajstić information content (AvgIpc) is 2.71. The zero-order valence-electron chi connectivity index (χ0n) is 15.2. The highest BCUT2D eigenvalue weighted by molar-refractivity contribution is 7.98. The molecule has 0 unspecified atom stereocenters. The summed E-state index contributed by atoms with van der Waals surface area (Å²) in [6.45, 7) is 0. The van der Waals surface area contributed by atoms with Gasteiger partial charge in [-0.1, -0.05) is 30.3 Å². The summed E-state index contributed by atoms with van der Waals surface area (Å²) < 4.78 is 14.1. The molecule has 0 bridgehead atoms. The van der Waals surface area contributed by atoms with E-state index in [4.69, 9.17) is 0 Å². The summed E-state index contributed by atoms with van der Waals surface area (Å²) in [4.78, 5) is 25.6. The molecule has 0 aliphatic heterocycles. The summed E-state index contributed by atoms with van der Waals surface area (Å²) in [5.74, 6) is -1.20. The van der Waals surface area contributed by atoms with Gasteiger partial charge in [-0.05, 0) is 54.3 Å². The summed E-state index contributed by atoms with van der Waals surface area (Å²) >= 11 is 1.59. The van der Waals surface area contributed by atoms with Gasteiger partial charge in [0.1, 0.15) is 5.82 Å². The predicted octanol–water partition coefficient (Wildman–Crippen LogP) is 4.98. The van der Waals surface area contributed by atoms with E-state index >= 15 is 0 Å². The van der Waals surface area contributed by atoms with E-state index in [2.05, 4.69) is 10.6 Å². The number of halogens is 1. The highest BCUT2D eigenvalue weighted by Gasteiger charge is 2.11. The Bertz CT molecular complexity index is 976. The fourth-order valence-corrected chi connectivity index (χ4v) is 3.03. The molecule has 3 aromatic carbocycles. The zero-order valence-corrected chi connectivity index (χ0v) is 16.1. The van der Waals surface area contributed by atoms with Crippen molar-refractivity contribution < 1.29 is 14.0 Å². The van der Waals surface area contributed by atoms with Crippen molar-refractivity contribution in [3.8, 4) is 0 Å². The van der Waals surface area contributed by atoms with Gasteiger partial charge < -0.3 is 10.6 Å². The van der Waals surface area contributed by atoms with Gasteiger partial charge in [0.2, 0.25) is 5.91 Å². The molecule has 0 heterocycles. The van der Waals surface area contributed by atoms with E-state index < -0.39 is 5.82 Å². The molecule has 4 nitrogen and oxygen atoms in total. The molecule has 0 aromatic heterocycles. The Balaban J connectivity index is 1.68. The zero-order chi connectivity index (χ0) is 19.9. The van der Waals surface area contributed by atoms with Crippen molar-refractivity contribution in [2.45, 2.75) is 11.3 Å². The number of carbonyl (C=O) groups excluding carboxylic acids is 2. The monoisotopic (exact) mass is 394 g/mol. The first-order chi connectivity index (χ1) is 13.5. The van der Waals surface area contributed by atoms with Gasteiger partial charge in [-0.3, -0.25) is 9.59 Å². The van der Waals surface area contributed by atoms with Gasteiger partial charge in [-0.25, -0.2) is 4.39 Å². The second-order valence-electron chi connectivity index (χ2n) is 6.09. The summed E-state index contributed by atoms with van der Waals surface area (Å²) in [7, 11) is 0. The van der Waals surface area contributed by atoms with Gasteiger partial charge in [-0.15, -0.1) is 11.8 Å². The van der Waals surface area contributed by atoms with E-state index in [1.54, 1.807) is 23.9 Å². The van der Waals surface area contributed by atoms with Crippen molar-refractivity contribution in [2.24, 2.45) is 0 Å². The molecule has 0 spiro atoms. The number of benzene rings is 3. The fourth-order valence-electron chi connectivity index (χ4n) is 2.62. The van der Waals surface area contributed by atoms with Crippen LogP contribution in [0.3, 0.4) is 0 Å². The maximum Gasteiger partial charge on any atom is 0.255 e. The van der Waals surface area contributed by atoms with Crippen LogP contribution in [0.1, 0.15) is 15.9 Å². The molecule has 0 radical (unpaired) electrons. The number of rotatable bonds is 6. The third-order valence-electron chi connectivity index (χ3n) is 4.06. The van der Waals surface area contributed by atoms with E-state index in [1.807, 2.05) is 48.7 Å². The van der Waals surface area contributed by atoms with Crippen molar-refractivity contribution in [3.05, 3.63) is 89.7 Å². The largest absolute Gasteiger partial charge is 0.323 e. The van der Waals surface area contributed by atoms with Gasteiger partial charge in [0.05, 0.1) is 12.1 Å². The molecule has 0 aliphatic rings. The fraction of sp³-hybridized carbons (Fsp3) is 0.0909. The van der Waals surface area contributed by atoms with Crippen LogP contribution in [0.15, 0.2) is 77.7 Å². The molecule has 142 valence electrons. The molecule has 2 amide bonds.